The lowest BCUT2D eigenvalue weighted by molar-refractivity contribution is 0.424. The zero-order chi connectivity index (χ0) is 12.9. The number of hydrogen-bond donors (Lipinski definition) is 1. The maximum Gasteiger partial charge on any atom is 0.151 e. The zero-order valence-corrected chi connectivity index (χ0v) is 11.1. The Kier molecular flexibility index (Phi) is 4.63. The molecule has 1 rings (SSSR count). The third kappa shape index (κ3) is 3.27. The molecule has 0 fully saturated rings. The van der Waals surface area contributed by atoms with Gasteiger partial charge in [-0.25, -0.2) is 10.8 Å². The quantitative estimate of drug-likeness (QED) is 0.483. The number of anilines is 1. The third-order valence-corrected chi connectivity index (χ3v) is 2.83. The molecule has 94 valence electrons. The van der Waals surface area contributed by atoms with Crippen molar-refractivity contribution in [3.63, 3.8) is 0 Å². The predicted molar refractivity (Wildman–Crippen MR) is 73.4 cm³/mol. The van der Waals surface area contributed by atoms with Crippen LogP contribution >= 0.6 is 0 Å². The molecule has 1 aromatic rings. The molecule has 0 saturated carbocycles. The lowest BCUT2D eigenvalue weighted by atomic mass is 9.97. The molecule has 1 heterocycles. The van der Waals surface area contributed by atoms with Crippen LogP contribution in [0.25, 0.3) is 0 Å². The Hall–Kier alpha value is -1.42. The van der Waals surface area contributed by atoms with E-state index in [4.69, 9.17) is 5.84 Å². The van der Waals surface area contributed by atoms with E-state index in [2.05, 4.69) is 30.7 Å². The topological polar surface area (TPSA) is 54.5 Å². The Morgan fingerprint density at radius 3 is 2.82 bits per heavy atom. The fourth-order valence-electron chi connectivity index (χ4n) is 1.87. The first-order valence-corrected chi connectivity index (χ1v) is 5.95. The van der Waals surface area contributed by atoms with Gasteiger partial charge in [0.05, 0.1) is 5.54 Å². The van der Waals surface area contributed by atoms with Gasteiger partial charge in [-0.2, -0.15) is 0 Å². The Morgan fingerprint density at radius 2 is 2.24 bits per heavy atom. The molecular weight excluding hydrogens is 212 g/mol. The molecule has 0 aliphatic heterocycles. The van der Waals surface area contributed by atoms with Crippen molar-refractivity contribution in [3.8, 4) is 0 Å². The largest absolute Gasteiger partial charge is 0.296 e. The van der Waals surface area contributed by atoms with E-state index in [-0.39, 0.29) is 5.54 Å². The number of nitrogens with two attached hydrogens (primary N) is 1. The van der Waals surface area contributed by atoms with Crippen molar-refractivity contribution in [1.82, 2.24) is 4.98 Å². The summed E-state index contributed by atoms with van der Waals surface area (Å²) in [4.78, 5) is 8.39. The highest BCUT2D eigenvalue weighted by Crippen LogP contribution is 2.24. The van der Waals surface area contributed by atoms with Gasteiger partial charge in [0.15, 0.2) is 5.82 Å². The van der Waals surface area contributed by atoms with E-state index < -0.39 is 0 Å². The SMILES string of the molecule is CCCC(C)(C)N(N)c1ncccc1C=NC. The van der Waals surface area contributed by atoms with E-state index in [1.165, 1.54) is 0 Å². The van der Waals surface area contributed by atoms with Gasteiger partial charge in [0.1, 0.15) is 0 Å². The second kappa shape index (κ2) is 5.77. The summed E-state index contributed by atoms with van der Waals surface area (Å²) in [5.41, 5.74) is 0.834. The molecule has 0 aliphatic rings. The normalized spacial score (nSPS) is 12.1. The summed E-state index contributed by atoms with van der Waals surface area (Å²) < 4.78 is 0. The average Bonchev–Trinajstić information content (AvgIpc) is 2.29. The molecule has 4 nitrogen and oxygen atoms in total. The maximum atomic E-state index is 6.20. The number of aromatic nitrogens is 1. The summed E-state index contributed by atoms with van der Waals surface area (Å²) >= 11 is 0. The second-order valence-electron chi connectivity index (χ2n) is 4.74. The number of pyridine rings is 1. The first-order valence-electron chi connectivity index (χ1n) is 5.95. The van der Waals surface area contributed by atoms with E-state index in [9.17, 15) is 0 Å². The van der Waals surface area contributed by atoms with Gasteiger partial charge in [-0.1, -0.05) is 13.3 Å². The maximum absolute atomic E-state index is 6.20. The highest BCUT2D eigenvalue weighted by Gasteiger charge is 2.25. The van der Waals surface area contributed by atoms with Gasteiger partial charge in [0, 0.05) is 25.0 Å². The van der Waals surface area contributed by atoms with Crippen LogP contribution in [0.2, 0.25) is 0 Å². The second-order valence-corrected chi connectivity index (χ2v) is 4.74. The molecule has 0 atom stereocenters. The number of aliphatic imine (C=N–C) groups is 1. The van der Waals surface area contributed by atoms with Crippen LogP contribution in [-0.4, -0.2) is 23.8 Å². The Balaban J connectivity index is 3.07. The summed E-state index contributed by atoms with van der Waals surface area (Å²) in [6, 6.07) is 3.86. The van der Waals surface area contributed by atoms with Crippen LogP contribution in [-0.2, 0) is 0 Å². The fraction of sp³-hybridized carbons (Fsp3) is 0.538. The monoisotopic (exact) mass is 234 g/mol. The van der Waals surface area contributed by atoms with E-state index in [0.717, 1.165) is 24.2 Å². The van der Waals surface area contributed by atoms with Crippen molar-refractivity contribution in [1.29, 1.82) is 0 Å². The standard InChI is InChI=1S/C13H22N4/c1-5-8-13(2,3)17(14)12-11(10-15-4)7-6-9-16-12/h6-7,9-10H,5,8,14H2,1-4H3. The minimum Gasteiger partial charge on any atom is -0.296 e. The highest BCUT2D eigenvalue weighted by atomic mass is 15.5. The number of hydrazine groups is 1. The lowest BCUT2D eigenvalue weighted by Crippen LogP contribution is -2.50. The van der Waals surface area contributed by atoms with Crippen LogP contribution < -0.4 is 10.9 Å². The summed E-state index contributed by atoms with van der Waals surface area (Å²) in [5, 5.41) is 1.74. The fourth-order valence-corrected chi connectivity index (χ4v) is 1.87. The Labute approximate surface area is 104 Å². The Morgan fingerprint density at radius 1 is 1.53 bits per heavy atom. The minimum absolute atomic E-state index is 0.112. The van der Waals surface area contributed by atoms with E-state index >= 15 is 0 Å². The molecule has 0 aliphatic carbocycles. The van der Waals surface area contributed by atoms with Gasteiger partial charge in [0.2, 0.25) is 0 Å². The van der Waals surface area contributed by atoms with E-state index in [1.807, 2.05) is 12.1 Å². The van der Waals surface area contributed by atoms with E-state index in [1.54, 1.807) is 24.5 Å². The first kappa shape index (κ1) is 13.6. The van der Waals surface area contributed by atoms with Crippen LogP contribution in [0.4, 0.5) is 5.82 Å². The molecule has 0 amide bonds. The smallest absolute Gasteiger partial charge is 0.151 e. The summed E-state index contributed by atoms with van der Waals surface area (Å²) in [6.07, 6.45) is 5.64. The van der Waals surface area contributed by atoms with Crippen molar-refractivity contribution >= 4 is 12.0 Å². The molecule has 4 heteroatoms. The van der Waals surface area contributed by atoms with Gasteiger partial charge < -0.3 is 0 Å². The summed E-state index contributed by atoms with van der Waals surface area (Å²) in [6.45, 7) is 6.40. The number of hydrogen-bond acceptors (Lipinski definition) is 4. The Bertz CT molecular complexity index is 385. The molecule has 0 spiro atoms. The predicted octanol–water partition coefficient (Wildman–Crippen LogP) is 2.39. The van der Waals surface area contributed by atoms with Crippen molar-refractivity contribution in [2.45, 2.75) is 39.2 Å². The van der Waals surface area contributed by atoms with Crippen LogP contribution in [0.3, 0.4) is 0 Å². The number of rotatable bonds is 5. The zero-order valence-electron chi connectivity index (χ0n) is 11.1. The first-order chi connectivity index (χ1) is 8.03. The average molecular weight is 234 g/mol. The van der Waals surface area contributed by atoms with Crippen LogP contribution in [0.15, 0.2) is 23.3 Å². The van der Waals surface area contributed by atoms with Crippen LogP contribution in [0, 0.1) is 0 Å². The molecule has 0 saturated heterocycles. The summed E-state index contributed by atoms with van der Waals surface area (Å²) in [5.74, 6) is 6.97. The van der Waals surface area contributed by atoms with Gasteiger partial charge in [-0.15, -0.1) is 0 Å². The van der Waals surface area contributed by atoms with E-state index in [0.29, 0.717) is 0 Å². The van der Waals surface area contributed by atoms with Crippen molar-refractivity contribution in [2.75, 3.05) is 12.1 Å². The van der Waals surface area contributed by atoms with Crippen LogP contribution in [0.5, 0.6) is 0 Å². The molecule has 0 aromatic carbocycles. The third-order valence-electron chi connectivity index (χ3n) is 2.83. The molecule has 0 unspecified atom stereocenters. The molecule has 1 aromatic heterocycles. The molecule has 0 radical (unpaired) electrons. The lowest BCUT2D eigenvalue weighted by Gasteiger charge is -2.36. The summed E-state index contributed by atoms with van der Waals surface area (Å²) in [7, 11) is 1.74. The minimum atomic E-state index is -0.112. The van der Waals surface area contributed by atoms with Crippen LogP contribution in [0.1, 0.15) is 39.2 Å². The van der Waals surface area contributed by atoms with Crippen molar-refractivity contribution in [2.24, 2.45) is 10.8 Å². The highest BCUT2D eigenvalue weighted by molar-refractivity contribution is 5.86. The molecule has 17 heavy (non-hydrogen) atoms. The van der Waals surface area contributed by atoms with Gasteiger partial charge >= 0.3 is 0 Å². The molecule has 0 bridgehead atoms. The van der Waals surface area contributed by atoms with Crippen molar-refractivity contribution < 1.29 is 0 Å². The van der Waals surface area contributed by atoms with Gasteiger partial charge in [-0.3, -0.25) is 10.0 Å². The van der Waals surface area contributed by atoms with Gasteiger partial charge in [0.25, 0.3) is 0 Å². The molecule has 2 N–H and O–H groups in total. The van der Waals surface area contributed by atoms with Gasteiger partial charge in [-0.05, 0) is 32.4 Å². The van der Waals surface area contributed by atoms with Crippen molar-refractivity contribution in [3.05, 3.63) is 23.9 Å². The molecular formula is C13H22N4. The number of nitrogens with zero attached hydrogens (tertiary/aromatic N) is 3.